The molecule has 1 aromatic rings. The fourth-order valence-corrected chi connectivity index (χ4v) is 3.47. The zero-order chi connectivity index (χ0) is 15.0. The number of aliphatic carboxylic acids is 1. The number of thioether (sulfide) groups is 1. The van der Waals surface area contributed by atoms with Crippen LogP contribution in [0.3, 0.4) is 0 Å². The van der Waals surface area contributed by atoms with Crippen molar-refractivity contribution in [3.8, 4) is 0 Å². The summed E-state index contributed by atoms with van der Waals surface area (Å²) in [6.45, 7) is 2.37. The number of carbonyl (C=O) groups excluding carboxylic acids is 1. The van der Waals surface area contributed by atoms with E-state index in [0.29, 0.717) is 17.7 Å². The predicted octanol–water partition coefficient (Wildman–Crippen LogP) is 0.422. The number of likely N-dealkylation sites (tertiary alicyclic amines) is 1. The van der Waals surface area contributed by atoms with E-state index in [4.69, 9.17) is 0 Å². The van der Waals surface area contributed by atoms with Crippen LogP contribution >= 0.6 is 11.8 Å². The molecule has 2 fully saturated rings. The summed E-state index contributed by atoms with van der Waals surface area (Å²) in [5, 5.41) is 21.4. The van der Waals surface area contributed by atoms with Crippen LogP contribution in [0.1, 0.15) is 32.2 Å². The summed E-state index contributed by atoms with van der Waals surface area (Å²) in [6, 6.07) is -0.353. The van der Waals surface area contributed by atoms with Crippen molar-refractivity contribution < 1.29 is 14.7 Å². The number of carboxylic acid groups (broad SMARTS) is 1. The van der Waals surface area contributed by atoms with Crippen LogP contribution in [0.25, 0.3) is 0 Å². The average Bonchev–Trinajstić information content (AvgIpc) is 3.04. The van der Waals surface area contributed by atoms with Gasteiger partial charge in [0, 0.05) is 6.54 Å². The SMILES string of the molecule is CC1CCN(C(=O)CSc2nnnn2C2CC2)C1C(=O)O. The smallest absolute Gasteiger partial charge is 0.326 e. The maximum absolute atomic E-state index is 12.3. The lowest BCUT2D eigenvalue weighted by Gasteiger charge is -2.23. The van der Waals surface area contributed by atoms with Gasteiger partial charge in [-0.1, -0.05) is 18.7 Å². The van der Waals surface area contributed by atoms with Gasteiger partial charge in [0.15, 0.2) is 0 Å². The van der Waals surface area contributed by atoms with Crippen LogP contribution < -0.4 is 0 Å². The zero-order valence-corrected chi connectivity index (χ0v) is 12.5. The Balaban J connectivity index is 1.61. The summed E-state index contributed by atoms with van der Waals surface area (Å²) in [5.74, 6) is -0.930. The van der Waals surface area contributed by atoms with Gasteiger partial charge in [-0.2, -0.15) is 0 Å². The molecule has 1 amide bonds. The van der Waals surface area contributed by atoms with Gasteiger partial charge in [-0.25, -0.2) is 9.48 Å². The Morgan fingerprint density at radius 2 is 2.14 bits per heavy atom. The lowest BCUT2D eigenvalue weighted by atomic mass is 10.0. The first kappa shape index (κ1) is 14.3. The number of hydrogen-bond donors (Lipinski definition) is 1. The molecule has 3 rings (SSSR count). The van der Waals surface area contributed by atoms with Crippen LogP contribution in [0.5, 0.6) is 0 Å². The molecule has 0 radical (unpaired) electrons. The summed E-state index contributed by atoms with van der Waals surface area (Å²) in [4.78, 5) is 25.0. The fourth-order valence-electron chi connectivity index (χ4n) is 2.64. The van der Waals surface area contributed by atoms with Gasteiger partial charge in [-0.3, -0.25) is 4.79 Å². The quantitative estimate of drug-likeness (QED) is 0.786. The third-order valence-electron chi connectivity index (χ3n) is 3.95. The first-order chi connectivity index (χ1) is 10.1. The maximum Gasteiger partial charge on any atom is 0.326 e. The number of hydrogen-bond acceptors (Lipinski definition) is 6. The van der Waals surface area contributed by atoms with Crippen molar-refractivity contribution in [1.29, 1.82) is 0 Å². The molecular formula is C12H17N5O3S. The van der Waals surface area contributed by atoms with Crippen molar-refractivity contribution in [3.05, 3.63) is 0 Å². The molecule has 1 aromatic heterocycles. The number of carboxylic acids is 1. The Hall–Kier alpha value is -1.64. The van der Waals surface area contributed by atoms with Gasteiger partial charge in [0.1, 0.15) is 6.04 Å². The Bertz CT molecular complexity index is 559. The Labute approximate surface area is 125 Å². The topological polar surface area (TPSA) is 101 Å². The van der Waals surface area contributed by atoms with Crippen LogP contribution in [0.2, 0.25) is 0 Å². The van der Waals surface area contributed by atoms with Crippen molar-refractivity contribution in [1.82, 2.24) is 25.1 Å². The summed E-state index contributed by atoms with van der Waals surface area (Å²) >= 11 is 1.27. The van der Waals surface area contributed by atoms with E-state index in [1.165, 1.54) is 16.7 Å². The van der Waals surface area contributed by atoms with Crippen LogP contribution in [-0.4, -0.2) is 60.4 Å². The van der Waals surface area contributed by atoms with Gasteiger partial charge in [0.25, 0.3) is 0 Å². The highest BCUT2D eigenvalue weighted by molar-refractivity contribution is 7.99. The van der Waals surface area contributed by atoms with E-state index in [2.05, 4.69) is 15.5 Å². The molecule has 1 saturated carbocycles. The molecule has 0 spiro atoms. The van der Waals surface area contributed by atoms with Crippen LogP contribution in [0, 0.1) is 5.92 Å². The summed E-state index contributed by atoms with van der Waals surface area (Å²) in [6.07, 6.45) is 2.86. The zero-order valence-electron chi connectivity index (χ0n) is 11.7. The first-order valence-corrected chi connectivity index (χ1v) is 7.99. The normalized spacial score (nSPS) is 25.3. The number of nitrogens with zero attached hydrogens (tertiary/aromatic N) is 5. The predicted molar refractivity (Wildman–Crippen MR) is 73.7 cm³/mol. The monoisotopic (exact) mass is 311 g/mol. The molecule has 1 N–H and O–H groups in total. The second-order valence-corrected chi connectivity index (χ2v) is 6.50. The van der Waals surface area contributed by atoms with Crippen molar-refractivity contribution in [2.45, 2.75) is 43.4 Å². The molecular weight excluding hydrogens is 294 g/mol. The standard InChI is InChI=1S/C12H17N5O3S/c1-7-4-5-16(10(7)11(19)20)9(18)6-21-12-13-14-15-17(12)8-2-3-8/h7-8,10H,2-6H2,1H3,(H,19,20). The molecule has 2 atom stereocenters. The van der Waals surface area contributed by atoms with Gasteiger partial charge in [0.05, 0.1) is 11.8 Å². The minimum atomic E-state index is -0.929. The van der Waals surface area contributed by atoms with Crippen LogP contribution in [0.15, 0.2) is 5.16 Å². The summed E-state index contributed by atoms with van der Waals surface area (Å²) in [5.41, 5.74) is 0. The van der Waals surface area contributed by atoms with Crippen LogP contribution in [0.4, 0.5) is 0 Å². The summed E-state index contributed by atoms with van der Waals surface area (Å²) in [7, 11) is 0. The molecule has 1 aliphatic carbocycles. The lowest BCUT2D eigenvalue weighted by molar-refractivity contribution is -0.148. The third kappa shape index (κ3) is 2.87. The maximum atomic E-state index is 12.3. The van der Waals surface area contributed by atoms with Gasteiger partial charge >= 0.3 is 5.97 Å². The molecule has 0 aromatic carbocycles. The number of tetrazole rings is 1. The van der Waals surface area contributed by atoms with E-state index in [9.17, 15) is 14.7 Å². The number of carbonyl (C=O) groups is 2. The number of amides is 1. The van der Waals surface area contributed by atoms with E-state index >= 15 is 0 Å². The van der Waals surface area contributed by atoms with Crippen molar-refractivity contribution in [2.75, 3.05) is 12.3 Å². The minimum absolute atomic E-state index is 0.00627. The lowest BCUT2D eigenvalue weighted by Crippen LogP contribution is -2.43. The highest BCUT2D eigenvalue weighted by Gasteiger charge is 2.39. The van der Waals surface area contributed by atoms with Crippen molar-refractivity contribution in [2.24, 2.45) is 5.92 Å². The largest absolute Gasteiger partial charge is 0.480 e. The van der Waals surface area contributed by atoms with E-state index in [0.717, 1.165) is 19.3 Å². The van der Waals surface area contributed by atoms with Gasteiger partial charge < -0.3 is 10.0 Å². The second kappa shape index (κ2) is 5.63. The van der Waals surface area contributed by atoms with Gasteiger partial charge in [-0.15, -0.1) is 5.10 Å². The molecule has 2 unspecified atom stereocenters. The molecule has 21 heavy (non-hydrogen) atoms. The van der Waals surface area contributed by atoms with E-state index in [1.807, 2.05) is 6.92 Å². The van der Waals surface area contributed by atoms with Gasteiger partial charge in [-0.05, 0) is 35.6 Å². The minimum Gasteiger partial charge on any atom is -0.480 e. The van der Waals surface area contributed by atoms with E-state index < -0.39 is 12.0 Å². The Kier molecular flexibility index (Phi) is 3.83. The molecule has 1 aliphatic heterocycles. The van der Waals surface area contributed by atoms with E-state index in [1.54, 1.807) is 4.68 Å². The molecule has 0 bridgehead atoms. The second-order valence-electron chi connectivity index (χ2n) is 5.56. The number of aromatic nitrogens is 4. The van der Waals surface area contributed by atoms with Crippen molar-refractivity contribution >= 4 is 23.6 Å². The van der Waals surface area contributed by atoms with E-state index in [-0.39, 0.29) is 17.6 Å². The molecule has 9 heteroatoms. The first-order valence-electron chi connectivity index (χ1n) is 7.01. The highest BCUT2D eigenvalue weighted by Crippen LogP contribution is 2.36. The Morgan fingerprint density at radius 1 is 1.38 bits per heavy atom. The third-order valence-corrected chi connectivity index (χ3v) is 4.87. The summed E-state index contributed by atoms with van der Waals surface area (Å²) < 4.78 is 1.75. The molecule has 2 aliphatic rings. The average molecular weight is 311 g/mol. The van der Waals surface area contributed by atoms with Crippen molar-refractivity contribution in [3.63, 3.8) is 0 Å². The molecule has 2 heterocycles. The van der Waals surface area contributed by atoms with Crippen LogP contribution in [-0.2, 0) is 9.59 Å². The molecule has 114 valence electrons. The number of rotatable bonds is 5. The molecule has 1 saturated heterocycles. The molecule has 8 nitrogen and oxygen atoms in total. The van der Waals surface area contributed by atoms with Gasteiger partial charge in [0.2, 0.25) is 11.1 Å². The Morgan fingerprint density at radius 3 is 2.81 bits per heavy atom. The highest BCUT2D eigenvalue weighted by atomic mass is 32.2. The fraction of sp³-hybridized carbons (Fsp3) is 0.750.